The molecule has 2 heterocycles. The Morgan fingerprint density at radius 1 is 1.27 bits per heavy atom. The van der Waals surface area contributed by atoms with Gasteiger partial charge in [-0.15, -0.1) is 12.4 Å². The number of hydrogen-bond acceptors (Lipinski definition) is 4. The number of likely N-dealkylation sites (tertiary alicyclic amines) is 1. The summed E-state index contributed by atoms with van der Waals surface area (Å²) in [5.74, 6) is 1.000. The summed E-state index contributed by atoms with van der Waals surface area (Å²) < 4.78 is 5.89. The highest BCUT2D eigenvalue weighted by Gasteiger charge is 2.45. The summed E-state index contributed by atoms with van der Waals surface area (Å²) >= 11 is 5.92. The molecule has 2 aromatic rings. The van der Waals surface area contributed by atoms with Crippen LogP contribution >= 0.6 is 24.0 Å². The predicted octanol–water partition coefficient (Wildman–Crippen LogP) is 4.63. The molecule has 1 aromatic carbocycles. The maximum Gasteiger partial charge on any atom is 0.320 e. The van der Waals surface area contributed by atoms with Gasteiger partial charge in [-0.25, -0.2) is 4.98 Å². The summed E-state index contributed by atoms with van der Waals surface area (Å²) in [5, 5.41) is 10.3. The molecule has 0 amide bonds. The lowest BCUT2D eigenvalue weighted by Crippen LogP contribution is -2.41. The molecule has 3 atom stereocenters. The molecular weight excluding hydrogens is 375 g/mol. The number of aromatic nitrogens is 1. The van der Waals surface area contributed by atoms with Gasteiger partial charge in [0.05, 0.1) is 12.7 Å². The number of benzene rings is 1. The van der Waals surface area contributed by atoms with Gasteiger partial charge in [0, 0.05) is 16.6 Å². The van der Waals surface area contributed by atoms with E-state index in [9.17, 15) is 9.90 Å². The second kappa shape index (κ2) is 7.99. The summed E-state index contributed by atoms with van der Waals surface area (Å²) in [7, 11) is 0. The fourth-order valence-electron chi connectivity index (χ4n) is 4.31. The fraction of sp³-hybridized carbons (Fsp3) is 0.474. The van der Waals surface area contributed by atoms with Crippen LogP contribution in [-0.4, -0.2) is 33.0 Å². The zero-order valence-electron chi connectivity index (χ0n) is 14.3. The summed E-state index contributed by atoms with van der Waals surface area (Å²) in [6.45, 7) is 0.450. The van der Waals surface area contributed by atoms with Crippen LogP contribution in [0.15, 0.2) is 34.9 Å². The van der Waals surface area contributed by atoms with Crippen LogP contribution in [0.3, 0.4) is 0 Å². The third-order valence-electron chi connectivity index (χ3n) is 5.51. The summed E-state index contributed by atoms with van der Waals surface area (Å²) in [6.07, 6.45) is 7.02. The summed E-state index contributed by atoms with van der Waals surface area (Å²) in [6, 6.07) is 7.30. The Kier molecular flexibility index (Phi) is 5.90. The third kappa shape index (κ3) is 3.75. The molecule has 0 radical (unpaired) electrons. The van der Waals surface area contributed by atoms with Gasteiger partial charge in [-0.05, 0) is 49.4 Å². The molecule has 2 aliphatic rings. The number of oxazole rings is 1. The van der Waals surface area contributed by atoms with Crippen LogP contribution in [0.5, 0.6) is 0 Å². The number of rotatable bonds is 4. The van der Waals surface area contributed by atoms with Crippen LogP contribution in [0.4, 0.5) is 0 Å². The van der Waals surface area contributed by atoms with Gasteiger partial charge in [0.15, 0.2) is 5.76 Å². The Bertz CT molecular complexity index is 762. The second-order valence-corrected chi connectivity index (χ2v) is 7.44. The van der Waals surface area contributed by atoms with E-state index in [1.54, 1.807) is 6.20 Å². The van der Waals surface area contributed by atoms with E-state index in [2.05, 4.69) is 9.88 Å². The number of halogens is 2. The van der Waals surface area contributed by atoms with Gasteiger partial charge in [-0.2, -0.15) is 0 Å². The maximum absolute atomic E-state index is 11.7. The normalized spacial score (nSPS) is 25.5. The van der Waals surface area contributed by atoms with Gasteiger partial charge in [0.1, 0.15) is 6.04 Å². The van der Waals surface area contributed by atoms with Crippen molar-refractivity contribution in [1.29, 1.82) is 0 Å². The van der Waals surface area contributed by atoms with E-state index in [-0.39, 0.29) is 12.4 Å². The van der Waals surface area contributed by atoms with Crippen molar-refractivity contribution in [2.24, 2.45) is 5.92 Å². The molecule has 5 nitrogen and oxygen atoms in total. The summed E-state index contributed by atoms with van der Waals surface area (Å²) in [5.41, 5.74) is 0.912. The van der Waals surface area contributed by atoms with Crippen molar-refractivity contribution in [3.8, 4) is 11.3 Å². The Morgan fingerprint density at radius 3 is 2.73 bits per heavy atom. The maximum atomic E-state index is 11.7. The van der Waals surface area contributed by atoms with Gasteiger partial charge < -0.3 is 9.52 Å². The fourth-order valence-corrected chi connectivity index (χ4v) is 4.44. The molecule has 0 bridgehead atoms. The van der Waals surface area contributed by atoms with Crippen LogP contribution in [0.25, 0.3) is 11.3 Å². The first-order valence-electron chi connectivity index (χ1n) is 8.81. The number of aliphatic carboxylic acids is 1. The lowest BCUT2D eigenvalue weighted by molar-refractivity contribution is -0.143. The molecule has 1 saturated carbocycles. The summed E-state index contributed by atoms with van der Waals surface area (Å²) in [4.78, 5) is 18.2. The second-order valence-electron chi connectivity index (χ2n) is 7.00. The first kappa shape index (κ1) is 19.2. The zero-order valence-corrected chi connectivity index (χ0v) is 15.9. The van der Waals surface area contributed by atoms with Gasteiger partial charge in [-0.1, -0.05) is 24.4 Å². The Morgan fingerprint density at radius 2 is 2.00 bits per heavy atom. The first-order chi connectivity index (χ1) is 12.1. The minimum absolute atomic E-state index is 0. The molecule has 1 saturated heterocycles. The third-order valence-corrected chi connectivity index (χ3v) is 5.76. The number of fused-ring (bicyclic) bond motifs is 1. The van der Waals surface area contributed by atoms with Crippen LogP contribution < -0.4 is 0 Å². The van der Waals surface area contributed by atoms with Crippen molar-refractivity contribution in [3.63, 3.8) is 0 Å². The Balaban J connectivity index is 0.00000196. The van der Waals surface area contributed by atoms with Crippen LogP contribution in [0, 0.1) is 5.92 Å². The number of hydrogen-bond donors (Lipinski definition) is 1. The highest BCUT2D eigenvalue weighted by molar-refractivity contribution is 6.30. The van der Waals surface area contributed by atoms with Crippen molar-refractivity contribution in [3.05, 3.63) is 41.4 Å². The number of carboxylic acids is 1. The SMILES string of the molecule is Cl.O=C(O)C1CC2CCCCC2N1Cc1ncc(-c2ccc(Cl)cc2)o1. The van der Waals surface area contributed by atoms with Gasteiger partial charge in [-0.3, -0.25) is 9.69 Å². The number of carboxylic acid groups (broad SMARTS) is 1. The standard InChI is InChI=1S/C19H21ClN2O3.ClH/c20-14-7-5-12(6-8-14)17-10-21-18(25-17)11-22-15-4-2-1-3-13(15)9-16(22)19(23)24;/h5-8,10,13,15-16H,1-4,9,11H2,(H,23,24);1H. The largest absolute Gasteiger partial charge is 0.480 e. The first-order valence-corrected chi connectivity index (χ1v) is 9.19. The quantitative estimate of drug-likeness (QED) is 0.815. The van der Waals surface area contributed by atoms with Gasteiger partial charge >= 0.3 is 5.97 Å². The lowest BCUT2D eigenvalue weighted by atomic mass is 9.85. The molecule has 2 fully saturated rings. The van der Waals surface area contributed by atoms with Crippen molar-refractivity contribution in [2.45, 2.75) is 50.7 Å². The average molecular weight is 397 g/mol. The van der Waals surface area contributed by atoms with E-state index in [4.69, 9.17) is 16.0 Å². The molecule has 3 unspecified atom stereocenters. The van der Waals surface area contributed by atoms with Crippen molar-refractivity contribution in [1.82, 2.24) is 9.88 Å². The lowest BCUT2D eigenvalue weighted by Gasteiger charge is -2.32. The average Bonchev–Trinajstić information content (AvgIpc) is 3.21. The van der Waals surface area contributed by atoms with Gasteiger partial charge in [0.25, 0.3) is 0 Å². The topological polar surface area (TPSA) is 66.6 Å². The van der Waals surface area contributed by atoms with E-state index < -0.39 is 12.0 Å². The zero-order chi connectivity index (χ0) is 17.4. The molecule has 0 spiro atoms. The van der Waals surface area contributed by atoms with Crippen LogP contribution in [0.2, 0.25) is 5.02 Å². The minimum atomic E-state index is -0.737. The van der Waals surface area contributed by atoms with Gasteiger partial charge in [0.2, 0.25) is 5.89 Å². The van der Waals surface area contributed by atoms with E-state index in [0.717, 1.165) is 24.8 Å². The minimum Gasteiger partial charge on any atom is -0.480 e. The number of carbonyl (C=O) groups is 1. The number of nitrogens with zero attached hydrogens (tertiary/aromatic N) is 2. The highest BCUT2D eigenvalue weighted by atomic mass is 35.5. The molecule has 1 N–H and O–H groups in total. The molecule has 1 aliphatic heterocycles. The Labute approximate surface area is 163 Å². The van der Waals surface area contributed by atoms with E-state index >= 15 is 0 Å². The molecule has 1 aromatic heterocycles. The van der Waals surface area contributed by atoms with Crippen LogP contribution in [-0.2, 0) is 11.3 Å². The van der Waals surface area contributed by atoms with E-state index in [1.165, 1.54) is 12.8 Å². The van der Waals surface area contributed by atoms with E-state index in [1.807, 2.05) is 24.3 Å². The van der Waals surface area contributed by atoms with E-state index in [0.29, 0.717) is 35.2 Å². The monoisotopic (exact) mass is 396 g/mol. The van der Waals surface area contributed by atoms with Crippen molar-refractivity contribution >= 4 is 30.0 Å². The predicted molar refractivity (Wildman–Crippen MR) is 102 cm³/mol. The molecule has 7 heteroatoms. The molecular formula is C19H22Cl2N2O3. The molecule has 26 heavy (non-hydrogen) atoms. The highest BCUT2D eigenvalue weighted by Crippen LogP contribution is 2.40. The Hall–Kier alpha value is -1.56. The molecule has 1 aliphatic carbocycles. The van der Waals surface area contributed by atoms with Crippen molar-refractivity contribution < 1.29 is 14.3 Å². The molecule has 4 rings (SSSR count). The smallest absolute Gasteiger partial charge is 0.320 e. The molecule has 140 valence electrons. The van der Waals surface area contributed by atoms with Crippen molar-refractivity contribution in [2.75, 3.05) is 0 Å². The van der Waals surface area contributed by atoms with Crippen LogP contribution in [0.1, 0.15) is 38.0 Å².